The maximum absolute atomic E-state index is 13.7. The normalized spacial score (nSPS) is 26.9. The Bertz CT molecular complexity index is 535. The van der Waals surface area contributed by atoms with Crippen molar-refractivity contribution in [3.63, 3.8) is 0 Å². The topological polar surface area (TPSA) is 28.9 Å². The van der Waals surface area contributed by atoms with E-state index in [1.54, 1.807) is 0 Å². The molecule has 0 bridgehead atoms. The van der Waals surface area contributed by atoms with E-state index in [4.69, 9.17) is 11.3 Å². The van der Waals surface area contributed by atoms with Gasteiger partial charge in [0.25, 0.3) is 5.69 Å². The summed E-state index contributed by atoms with van der Waals surface area (Å²) < 4.78 is 33.1. The summed E-state index contributed by atoms with van der Waals surface area (Å²) in [6.45, 7) is 10.6. The number of morpholine rings is 1. The number of halogens is 2. The number of piperazine rings is 1. The van der Waals surface area contributed by atoms with Gasteiger partial charge < -0.3 is 10.1 Å². The molecule has 0 unspecified atom stereocenters. The standard InChI is InChI=1S/C14H15F2N3O/c1-17-14-11(15)4-9(5-12(14)16)13-7-19-3-2-18-6-10(19)8-20-13/h4-5,10,13,18H,2-3,6-8H2/t10-,13+/m1/s1. The van der Waals surface area contributed by atoms with Gasteiger partial charge in [-0.15, -0.1) is 0 Å². The van der Waals surface area contributed by atoms with Crippen LogP contribution in [0.3, 0.4) is 0 Å². The number of hydrogen-bond donors (Lipinski definition) is 1. The second-order valence-electron chi connectivity index (χ2n) is 5.12. The lowest BCUT2D eigenvalue weighted by atomic mass is 10.0. The molecule has 0 spiro atoms. The monoisotopic (exact) mass is 279 g/mol. The van der Waals surface area contributed by atoms with Gasteiger partial charge in [-0.1, -0.05) is 0 Å². The van der Waals surface area contributed by atoms with Crippen molar-refractivity contribution in [2.24, 2.45) is 0 Å². The summed E-state index contributed by atoms with van der Waals surface area (Å²) in [6, 6.07) is 2.75. The van der Waals surface area contributed by atoms with Crippen LogP contribution in [0.2, 0.25) is 0 Å². The van der Waals surface area contributed by atoms with Crippen molar-refractivity contribution >= 4 is 5.69 Å². The van der Waals surface area contributed by atoms with Crippen molar-refractivity contribution in [3.8, 4) is 0 Å². The summed E-state index contributed by atoms with van der Waals surface area (Å²) in [5.74, 6) is -1.64. The SMILES string of the molecule is [C-]#[N+]c1c(F)cc([C@@H]2CN3CCNC[C@@H]3CO2)cc1F. The summed E-state index contributed by atoms with van der Waals surface area (Å²) in [7, 11) is 0. The Balaban J connectivity index is 1.82. The smallest absolute Gasteiger partial charge is 0.256 e. The average Bonchev–Trinajstić information content (AvgIpc) is 2.46. The van der Waals surface area contributed by atoms with Gasteiger partial charge >= 0.3 is 0 Å². The molecule has 1 aromatic carbocycles. The third-order valence-electron chi connectivity index (χ3n) is 3.89. The lowest BCUT2D eigenvalue weighted by molar-refractivity contribution is -0.0719. The van der Waals surface area contributed by atoms with Crippen molar-refractivity contribution < 1.29 is 13.5 Å². The predicted octanol–water partition coefficient (Wildman–Crippen LogP) is 1.86. The first-order chi connectivity index (χ1) is 9.69. The Labute approximate surface area is 116 Å². The summed E-state index contributed by atoms with van der Waals surface area (Å²) in [4.78, 5) is 5.14. The molecule has 1 N–H and O–H groups in total. The van der Waals surface area contributed by atoms with Gasteiger partial charge in [0.05, 0.1) is 19.3 Å². The molecule has 1 aromatic rings. The third-order valence-corrected chi connectivity index (χ3v) is 3.89. The minimum Gasteiger partial charge on any atom is -0.371 e. The molecule has 2 aliphatic heterocycles. The summed E-state index contributed by atoms with van der Waals surface area (Å²) >= 11 is 0. The number of fused-ring (bicyclic) bond motifs is 1. The van der Waals surface area contributed by atoms with Crippen molar-refractivity contribution in [3.05, 3.63) is 40.7 Å². The van der Waals surface area contributed by atoms with E-state index in [-0.39, 0.29) is 6.10 Å². The molecule has 0 aromatic heterocycles. The molecule has 0 radical (unpaired) electrons. The molecule has 2 aliphatic rings. The molecule has 2 saturated heterocycles. The van der Waals surface area contributed by atoms with Crippen molar-refractivity contribution in [1.29, 1.82) is 0 Å². The van der Waals surface area contributed by atoms with E-state index < -0.39 is 17.3 Å². The van der Waals surface area contributed by atoms with Gasteiger partial charge in [0, 0.05) is 32.2 Å². The summed E-state index contributed by atoms with van der Waals surface area (Å²) in [5.41, 5.74) is -0.0889. The largest absolute Gasteiger partial charge is 0.371 e. The van der Waals surface area contributed by atoms with Gasteiger partial charge in [0.15, 0.2) is 0 Å². The Hall–Kier alpha value is -1.55. The van der Waals surface area contributed by atoms with Crippen LogP contribution in [0, 0.1) is 18.2 Å². The fourth-order valence-electron chi connectivity index (χ4n) is 2.78. The first-order valence-corrected chi connectivity index (χ1v) is 6.62. The number of hydrogen-bond acceptors (Lipinski definition) is 3. The Kier molecular flexibility index (Phi) is 3.66. The van der Waals surface area contributed by atoms with Crippen LogP contribution in [0.15, 0.2) is 12.1 Å². The zero-order chi connectivity index (χ0) is 14.1. The van der Waals surface area contributed by atoms with Crippen LogP contribution in [0.5, 0.6) is 0 Å². The summed E-state index contributed by atoms with van der Waals surface area (Å²) in [5, 5.41) is 3.30. The van der Waals surface area contributed by atoms with E-state index in [1.165, 1.54) is 12.1 Å². The third kappa shape index (κ3) is 2.40. The zero-order valence-corrected chi connectivity index (χ0v) is 10.9. The quantitative estimate of drug-likeness (QED) is 0.796. The van der Waals surface area contributed by atoms with E-state index in [2.05, 4.69) is 15.1 Å². The highest BCUT2D eigenvalue weighted by atomic mass is 19.1. The average molecular weight is 279 g/mol. The van der Waals surface area contributed by atoms with Crippen molar-refractivity contribution in [1.82, 2.24) is 10.2 Å². The number of nitrogens with zero attached hydrogens (tertiary/aromatic N) is 2. The van der Waals surface area contributed by atoms with Crippen LogP contribution in [-0.4, -0.2) is 43.7 Å². The van der Waals surface area contributed by atoms with Crippen LogP contribution in [0.1, 0.15) is 11.7 Å². The van der Waals surface area contributed by atoms with Crippen LogP contribution >= 0.6 is 0 Å². The fourth-order valence-corrected chi connectivity index (χ4v) is 2.78. The molecule has 2 atom stereocenters. The summed E-state index contributed by atoms with van der Waals surface area (Å²) in [6.07, 6.45) is -0.340. The highest BCUT2D eigenvalue weighted by molar-refractivity contribution is 5.49. The molecule has 20 heavy (non-hydrogen) atoms. The Morgan fingerprint density at radius 3 is 2.80 bits per heavy atom. The Morgan fingerprint density at radius 2 is 2.10 bits per heavy atom. The second kappa shape index (κ2) is 5.44. The highest BCUT2D eigenvalue weighted by Crippen LogP contribution is 2.30. The lowest BCUT2D eigenvalue weighted by Crippen LogP contribution is -2.57. The molecule has 2 fully saturated rings. The van der Waals surface area contributed by atoms with Gasteiger partial charge in [0.1, 0.15) is 11.6 Å². The lowest BCUT2D eigenvalue weighted by Gasteiger charge is -2.42. The maximum Gasteiger partial charge on any atom is 0.256 e. The van der Waals surface area contributed by atoms with E-state index in [0.29, 0.717) is 24.8 Å². The molecule has 6 heteroatoms. The van der Waals surface area contributed by atoms with Crippen LogP contribution in [0.4, 0.5) is 14.5 Å². The molecule has 0 saturated carbocycles. The molecule has 2 heterocycles. The van der Waals surface area contributed by atoms with E-state index >= 15 is 0 Å². The molecular formula is C14H15F2N3O. The predicted molar refractivity (Wildman–Crippen MR) is 69.5 cm³/mol. The minimum atomic E-state index is -0.818. The van der Waals surface area contributed by atoms with E-state index in [1.807, 2.05) is 0 Å². The Morgan fingerprint density at radius 1 is 1.35 bits per heavy atom. The first-order valence-electron chi connectivity index (χ1n) is 6.62. The number of benzene rings is 1. The molecule has 4 nitrogen and oxygen atoms in total. The van der Waals surface area contributed by atoms with Gasteiger partial charge in [0.2, 0.25) is 0 Å². The first kappa shape index (κ1) is 13.4. The molecule has 0 aliphatic carbocycles. The van der Waals surface area contributed by atoms with Crippen LogP contribution in [0.25, 0.3) is 4.85 Å². The van der Waals surface area contributed by atoms with Gasteiger partial charge in [-0.05, 0) is 17.7 Å². The number of ether oxygens (including phenoxy) is 1. The van der Waals surface area contributed by atoms with Gasteiger partial charge in [-0.2, -0.15) is 0 Å². The fraction of sp³-hybridized carbons (Fsp3) is 0.500. The van der Waals surface area contributed by atoms with Gasteiger partial charge in [-0.25, -0.2) is 13.6 Å². The van der Waals surface area contributed by atoms with Crippen LogP contribution in [-0.2, 0) is 4.74 Å². The molecule has 0 amide bonds. The zero-order valence-electron chi connectivity index (χ0n) is 10.9. The second-order valence-corrected chi connectivity index (χ2v) is 5.12. The molecular weight excluding hydrogens is 264 g/mol. The van der Waals surface area contributed by atoms with Crippen LogP contribution < -0.4 is 5.32 Å². The molecule has 3 rings (SSSR count). The van der Waals surface area contributed by atoms with Crippen molar-refractivity contribution in [2.75, 3.05) is 32.8 Å². The minimum absolute atomic E-state index is 0.331. The highest BCUT2D eigenvalue weighted by Gasteiger charge is 2.32. The van der Waals surface area contributed by atoms with E-state index in [0.717, 1.165) is 19.6 Å². The molecule has 106 valence electrons. The van der Waals surface area contributed by atoms with E-state index in [9.17, 15) is 8.78 Å². The number of rotatable bonds is 1. The van der Waals surface area contributed by atoms with Gasteiger partial charge in [-0.3, -0.25) is 4.90 Å². The number of nitrogens with one attached hydrogen (secondary N) is 1. The van der Waals surface area contributed by atoms with Crippen molar-refractivity contribution in [2.45, 2.75) is 12.1 Å². The maximum atomic E-state index is 13.7.